The quantitative estimate of drug-likeness (QED) is 0.892. The van der Waals surface area contributed by atoms with Crippen molar-refractivity contribution in [3.63, 3.8) is 0 Å². The van der Waals surface area contributed by atoms with Gasteiger partial charge in [-0.25, -0.2) is 4.98 Å². The highest BCUT2D eigenvalue weighted by atomic mass is 35.5. The molecule has 2 rings (SSSR count). The van der Waals surface area contributed by atoms with E-state index in [2.05, 4.69) is 4.98 Å². The van der Waals surface area contributed by atoms with Crippen molar-refractivity contribution >= 4 is 17.3 Å². The Kier molecular flexibility index (Phi) is 3.76. The predicted molar refractivity (Wildman–Crippen MR) is 69.9 cm³/mol. The maximum atomic E-state index is 12.6. The summed E-state index contributed by atoms with van der Waals surface area (Å²) in [4.78, 5) is 3.24. The zero-order valence-electron chi connectivity index (χ0n) is 10.3. The van der Waals surface area contributed by atoms with Crippen LogP contribution < -0.4 is 10.5 Å². The lowest BCUT2D eigenvalue weighted by Gasteiger charge is -2.13. The van der Waals surface area contributed by atoms with Gasteiger partial charge in [0.15, 0.2) is 5.75 Å². The number of rotatable bonds is 2. The highest BCUT2D eigenvalue weighted by Crippen LogP contribution is 2.35. The lowest BCUT2D eigenvalue weighted by Crippen LogP contribution is -2.08. The van der Waals surface area contributed by atoms with E-state index in [1.165, 1.54) is 0 Å². The number of hydrogen-bond donors (Lipinski definition) is 1. The minimum atomic E-state index is -4.55. The normalized spacial score (nSPS) is 11.4. The molecule has 0 atom stereocenters. The van der Waals surface area contributed by atoms with Crippen molar-refractivity contribution in [2.75, 3.05) is 5.73 Å². The van der Waals surface area contributed by atoms with Gasteiger partial charge >= 0.3 is 6.18 Å². The van der Waals surface area contributed by atoms with Gasteiger partial charge in [-0.1, -0.05) is 11.6 Å². The Balaban J connectivity index is 2.38. The molecule has 0 unspecified atom stereocenters. The summed E-state index contributed by atoms with van der Waals surface area (Å²) in [6.45, 7) is 1.73. The number of ether oxygens (including phenoxy) is 1. The Hall–Kier alpha value is -1.95. The number of aromatic nitrogens is 1. The molecule has 3 nitrogen and oxygen atoms in total. The molecule has 7 heteroatoms. The lowest BCUT2D eigenvalue weighted by molar-refractivity contribution is -0.141. The van der Waals surface area contributed by atoms with Crippen molar-refractivity contribution in [1.82, 2.24) is 4.98 Å². The fraction of sp³-hybridized carbons (Fsp3) is 0.154. The second-order valence-corrected chi connectivity index (χ2v) is 4.55. The lowest BCUT2D eigenvalue weighted by atomic mass is 10.2. The molecule has 106 valence electrons. The zero-order valence-corrected chi connectivity index (χ0v) is 11.1. The first-order valence-electron chi connectivity index (χ1n) is 5.54. The van der Waals surface area contributed by atoms with E-state index in [9.17, 15) is 13.2 Å². The second kappa shape index (κ2) is 5.20. The minimum Gasteiger partial charge on any atom is -0.455 e. The van der Waals surface area contributed by atoms with Crippen molar-refractivity contribution in [3.8, 4) is 11.5 Å². The number of aryl methyl sites for hydroxylation is 1. The molecule has 0 aliphatic rings. The van der Waals surface area contributed by atoms with Gasteiger partial charge < -0.3 is 10.5 Å². The molecule has 0 bridgehead atoms. The first-order valence-corrected chi connectivity index (χ1v) is 5.92. The summed E-state index contributed by atoms with van der Waals surface area (Å²) in [5, 5.41) is 0.508. The highest BCUT2D eigenvalue weighted by molar-refractivity contribution is 6.30. The van der Waals surface area contributed by atoms with Crippen LogP contribution in [0.5, 0.6) is 11.5 Å². The van der Waals surface area contributed by atoms with Gasteiger partial charge in [-0.15, -0.1) is 0 Å². The van der Waals surface area contributed by atoms with Crippen LogP contribution in [0.1, 0.15) is 11.3 Å². The van der Waals surface area contributed by atoms with Gasteiger partial charge in [-0.05, 0) is 30.7 Å². The molecule has 0 saturated carbocycles. The number of pyridine rings is 1. The maximum absolute atomic E-state index is 12.6. The molecule has 0 aliphatic carbocycles. The smallest absolute Gasteiger partial charge is 0.433 e. The molecular weight excluding hydrogens is 293 g/mol. The second-order valence-electron chi connectivity index (χ2n) is 4.12. The van der Waals surface area contributed by atoms with Crippen LogP contribution in [0.2, 0.25) is 5.02 Å². The van der Waals surface area contributed by atoms with E-state index < -0.39 is 11.9 Å². The number of benzene rings is 1. The number of nitrogens with two attached hydrogens (primary N) is 1. The number of anilines is 1. The van der Waals surface area contributed by atoms with Crippen LogP contribution in [-0.2, 0) is 6.18 Å². The highest BCUT2D eigenvalue weighted by Gasteiger charge is 2.33. The van der Waals surface area contributed by atoms with Crippen LogP contribution in [-0.4, -0.2) is 4.98 Å². The molecular formula is C13H10ClF3N2O. The monoisotopic (exact) mass is 302 g/mol. The molecule has 0 aliphatic heterocycles. The molecule has 0 fully saturated rings. The number of nitrogen functional groups attached to an aromatic ring is 1. The largest absolute Gasteiger partial charge is 0.455 e. The average Bonchev–Trinajstić information content (AvgIpc) is 2.33. The fourth-order valence-corrected chi connectivity index (χ4v) is 1.76. The van der Waals surface area contributed by atoms with Crippen molar-refractivity contribution in [1.29, 1.82) is 0 Å². The van der Waals surface area contributed by atoms with Crippen LogP contribution >= 0.6 is 11.6 Å². The van der Waals surface area contributed by atoms with Gasteiger partial charge in [0.25, 0.3) is 0 Å². The molecule has 0 amide bonds. The summed E-state index contributed by atoms with van der Waals surface area (Å²) in [5.74, 6) is 0.276. The number of halogens is 4. The van der Waals surface area contributed by atoms with Gasteiger partial charge in [0.2, 0.25) is 0 Å². The number of hydrogen-bond acceptors (Lipinski definition) is 3. The van der Waals surface area contributed by atoms with Gasteiger partial charge in [0, 0.05) is 11.1 Å². The first kappa shape index (κ1) is 14.5. The molecule has 0 radical (unpaired) electrons. The first-order chi connectivity index (χ1) is 9.27. The average molecular weight is 303 g/mol. The van der Waals surface area contributed by atoms with Crippen molar-refractivity contribution < 1.29 is 17.9 Å². The summed E-state index contributed by atoms with van der Waals surface area (Å²) in [6.07, 6.45) is -3.63. The van der Waals surface area contributed by atoms with E-state index in [0.29, 0.717) is 16.3 Å². The van der Waals surface area contributed by atoms with Crippen LogP contribution in [0, 0.1) is 6.92 Å². The molecule has 2 aromatic rings. The van der Waals surface area contributed by atoms with E-state index in [0.717, 1.165) is 12.3 Å². The zero-order chi connectivity index (χ0) is 14.9. The van der Waals surface area contributed by atoms with E-state index >= 15 is 0 Å². The number of alkyl halides is 3. The third-order valence-electron chi connectivity index (χ3n) is 2.54. The summed E-state index contributed by atoms with van der Waals surface area (Å²) >= 11 is 5.80. The maximum Gasteiger partial charge on any atom is 0.433 e. The van der Waals surface area contributed by atoms with E-state index in [4.69, 9.17) is 22.1 Å². The van der Waals surface area contributed by atoms with E-state index in [-0.39, 0.29) is 11.4 Å². The summed E-state index contributed by atoms with van der Waals surface area (Å²) in [7, 11) is 0. The Morgan fingerprint density at radius 1 is 1.20 bits per heavy atom. The topological polar surface area (TPSA) is 48.1 Å². The SMILES string of the molecule is Cc1cc(Cl)ccc1Oc1cc(C(F)(F)F)ncc1N. The summed E-state index contributed by atoms with van der Waals surface area (Å²) in [5.41, 5.74) is 5.22. The minimum absolute atomic E-state index is 0.0207. The van der Waals surface area contributed by atoms with Crippen LogP contribution in [0.4, 0.5) is 18.9 Å². The molecule has 1 aromatic heterocycles. The molecule has 2 N–H and O–H groups in total. The van der Waals surface area contributed by atoms with Crippen LogP contribution in [0.15, 0.2) is 30.5 Å². The third kappa shape index (κ3) is 3.14. The van der Waals surface area contributed by atoms with Crippen molar-refractivity contribution in [2.45, 2.75) is 13.1 Å². The predicted octanol–water partition coefficient (Wildman–Crippen LogP) is 4.44. The van der Waals surface area contributed by atoms with E-state index in [1.807, 2.05) is 0 Å². The Morgan fingerprint density at radius 3 is 2.50 bits per heavy atom. The van der Waals surface area contributed by atoms with Gasteiger partial charge in [-0.2, -0.15) is 13.2 Å². The summed E-state index contributed by atoms with van der Waals surface area (Å²) < 4.78 is 43.2. The Morgan fingerprint density at radius 2 is 1.90 bits per heavy atom. The van der Waals surface area contributed by atoms with Gasteiger partial charge in [0.05, 0.1) is 11.9 Å². The van der Waals surface area contributed by atoms with E-state index in [1.54, 1.807) is 25.1 Å². The number of nitrogens with zero attached hydrogens (tertiary/aromatic N) is 1. The van der Waals surface area contributed by atoms with Crippen molar-refractivity contribution in [2.24, 2.45) is 0 Å². The van der Waals surface area contributed by atoms with Gasteiger partial charge in [-0.3, -0.25) is 0 Å². The molecule has 1 aromatic carbocycles. The standard InChI is InChI=1S/C13H10ClF3N2O/c1-7-4-8(14)2-3-10(7)20-11-5-12(13(15,16)17)19-6-9(11)18/h2-6H,18H2,1H3. The Bertz CT molecular complexity index is 644. The van der Waals surface area contributed by atoms with Crippen LogP contribution in [0.3, 0.4) is 0 Å². The third-order valence-corrected chi connectivity index (χ3v) is 2.78. The van der Waals surface area contributed by atoms with Gasteiger partial charge in [0.1, 0.15) is 11.4 Å². The molecule has 1 heterocycles. The van der Waals surface area contributed by atoms with Crippen molar-refractivity contribution in [3.05, 3.63) is 46.7 Å². The molecule has 0 spiro atoms. The summed E-state index contributed by atoms with van der Waals surface area (Å²) in [6, 6.07) is 5.54. The molecule has 0 saturated heterocycles. The Labute approximate surface area is 118 Å². The van der Waals surface area contributed by atoms with Crippen LogP contribution in [0.25, 0.3) is 0 Å². The fourth-order valence-electron chi connectivity index (χ4n) is 1.54. The molecule has 20 heavy (non-hydrogen) atoms.